The SMILES string of the molecule is Cc1c(Br)cc(C(=O)N[C@H]2COCC[C@@H]2O)c(N)c1C. The summed E-state index contributed by atoms with van der Waals surface area (Å²) in [5, 5.41) is 12.6. The van der Waals surface area contributed by atoms with Gasteiger partial charge in [-0.1, -0.05) is 15.9 Å². The van der Waals surface area contributed by atoms with Crippen molar-refractivity contribution in [3.8, 4) is 0 Å². The maximum Gasteiger partial charge on any atom is 0.253 e. The number of aliphatic hydroxyl groups excluding tert-OH is 1. The van der Waals surface area contributed by atoms with E-state index in [1.807, 2.05) is 13.8 Å². The molecule has 1 saturated heterocycles. The molecule has 1 amide bonds. The number of hydrogen-bond acceptors (Lipinski definition) is 4. The zero-order chi connectivity index (χ0) is 14.9. The first-order valence-corrected chi connectivity index (χ1v) is 7.33. The zero-order valence-electron chi connectivity index (χ0n) is 11.6. The van der Waals surface area contributed by atoms with Gasteiger partial charge in [-0.05, 0) is 37.5 Å². The molecule has 0 spiro atoms. The zero-order valence-corrected chi connectivity index (χ0v) is 13.2. The van der Waals surface area contributed by atoms with Crippen molar-refractivity contribution in [3.63, 3.8) is 0 Å². The third-order valence-electron chi connectivity index (χ3n) is 3.77. The summed E-state index contributed by atoms with van der Waals surface area (Å²) in [6, 6.07) is 1.32. The lowest BCUT2D eigenvalue weighted by molar-refractivity contribution is -0.0139. The summed E-state index contributed by atoms with van der Waals surface area (Å²) < 4.78 is 6.11. The van der Waals surface area contributed by atoms with Gasteiger partial charge in [-0.2, -0.15) is 0 Å². The van der Waals surface area contributed by atoms with E-state index in [4.69, 9.17) is 10.5 Å². The topological polar surface area (TPSA) is 84.6 Å². The molecule has 1 aliphatic rings. The summed E-state index contributed by atoms with van der Waals surface area (Å²) in [6.07, 6.45) is -0.0549. The molecular weight excluding hydrogens is 324 g/mol. The molecule has 6 heteroatoms. The average Bonchev–Trinajstić information content (AvgIpc) is 2.43. The largest absolute Gasteiger partial charge is 0.398 e. The molecule has 0 bridgehead atoms. The monoisotopic (exact) mass is 342 g/mol. The molecule has 2 atom stereocenters. The highest BCUT2D eigenvalue weighted by Gasteiger charge is 2.26. The molecule has 20 heavy (non-hydrogen) atoms. The summed E-state index contributed by atoms with van der Waals surface area (Å²) in [5.41, 5.74) is 8.79. The third-order valence-corrected chi connectivity index (χ3v) is 4.59. The van der Waals surface area contributed by atoms with Crippen LogP contribution in [0.3, 0.4) is 0 Å². The molecule has 0 aliphatic carbocycles. The van der Waals surface area contributed by atoms with Crippen molar-refractivity contribution in [1.82, 2.24) is 5.32 Å². The first-order valence-electron chi connectivity index (χ1n) is 6.53. The summed E-state index contributed by atoms with van der Waals surface area (Å²) in [6.45, 7) is 4.66. The number of carbonyl (C=O) groups is 1. The van der Waals surface area contributed by atoms with Gasteiger partial charge >= 0.3 is 0 Å². The lowest BCUT2D eigenvalue weighted by atomic mass is 10.0. The molecule has 1 aliphatic heterocycles. The fourth-order valence-corrected chi connectivity index (χ4v) is 2.72. The molecule has 5 nitrogen and oxygen atoms in total. The van der Waals surface area contributed by atoms with E-state index in [-0.39, 0.29) is 5.91 Å². The molecule has 1 aromatic carbocycles. The quantitative estimate of drug-likeness (QED) is 0.711. The van der Waals surface area contributed by atoms with Crippen molar-refractivity contribution in [2.45, 2.75) is 32.4 Å². The number of rotatable bonds is 2. The lowest BCUT2D eigenvalue weighted by Crippen LogP contribution is -2.49. The van der Waals surface area contributed by atoms with E-state index in [0.29, 0.717) is 30.9 Å². The van der Waals surface area contributed by atoms with Gasteiger partial charge in [0.05, 0.1) is 24.3 Å². The Morgan fingerprint density at radius 2 is 2.20 bits per heavy atom. The molecule has 1 heterocycles. The van der Waals surface area contributed by atoms with Crippen LogP contribution >= 0.6 is 15.9 Å². The van der Waals surface area contributed by atoms with Gasteiger partial charge in [0.1, 0.15) is 0 Å². The van der Waals surface area contributed by atoms with Crippen LogP contribution in [0.4, 0.5) is 5.69 Å². The van der Waals surface area contributed by atoms with Crippen LogP contribution in [0.5, 0.6) is 0 Å². The first kappa shape index (κ1) is 15.3. The molecule has 2 rings (SSSR count). The van der Waals surface area contributed by atoms with Crippen LogP contribution in [-0.4, -0.2) is 36.4 Å². The second-order valence-corrected chi connectivity index (χ2v) is 5.93. The lowest BCUT2D eigenvalue weighted by Gasteiger charge is -2.28. The average molecular weight is 343 g/mol. The van der Waals surface area contributed by atoms with Crippen molar-refractivity contribution < 1.29 is 14.6 Å². The minimum atomic E-state index is -0.580. The Hall–Kier alpha value is -1.11. The molecule has 0 saturated carbocycles. The second-order valence-electron chi connectivity index (χ2n) is 5.08. The van der Waals surface area contributed by atoms with Gasteiger partial charge in [-0.15, -0.1) is 0 Å². The maximum absolute atomic E-state index is 12.3. The Morgan fingerprint density at radius 1 is 1.50 bits per heavy atom. The molecule has 1 fully saturated rings. The number of anilines is 1. The van der Waals surface area contributed by atoms with Gasteiger partial charge in [-0.25, -0.2) is 0 Å². The van der Waals surface area contributed by atoms with Crippen molar-refractivity contribution in [1.29, 1.82) is 0 Å². The number of halogens is 1. The summed E-state index contributed by atoms with van der Waals surface area (Å²) in [7, 11) is 0. The van der Waals surface area contributed by atoms with Crippen LogP contribution in [-0.2, 0) is 4.74 Å². The number of nitrogen functional groups attached to an aromatic ring is 1. The van der Waals surface area contributed by atoms with Crippen LogP contribution < -0.4 is 11.1 Å². The fraction of sp³-hybridized carbons (Fsp3) is 0.500. The standard InChI is InChI=1S/C14H19BrN2O3/c1-7-8(2)13(16)9(5-10(7)15)14(19)17-11-6-20-4-3-12(11)18/h5,11-12,18H,3-4,6,16H2,1-2H3,(H,17,19)/t11-,12-/m0/s1. The fourth-order valence-electron chi connectivity index (χ4n) is 2.19. The van der Waals surface area contributed by atoms with Crippen LogP contribution in [0.25, 0.3) is 0 Å². The number of nitrogens with two attached hydrogens (primary N) is 1. The highest BCUT2D eigenvalue weighted by Crippen LogP contribution is 2.28. The Labute approximate surface area is 126 Å². The Kier molecular flexibility index (Phi) is 4.67. The molecule has 4 N–H and O–H groups in total. The predicted octanol–water partition coefficient (Wildman–Crippen LogP) is 1.53. The van der Waals surface area contributed by atoms with Gasteiger partial charge in [0.2, 0.25) is 0 Å². The van der Waals surface area contributed by atoms with Crippen molar-refractivity contribution >= 4 is 27.5 Å². The molecule has 0 aromatic heterocycles. The van der Waals surface area contributed by atoms with Gasteiger partial charge in [-0.3, -0.25) is 4.79 Å². The summed E-state index contributed by atoms with van der Waals surface area (Å²) in [4.78, 5) is 12.3. The number of benzene rings is 1. The minimum absolute atomic E-state index is 0.291. The van der Waals surface area contributed by atoms with E-state index in [1.165, 1.54) is 0 Å². The highest BCUT2D eigenvalue weighted by atomic mass is 79.9. The molecule has 1 aromatic rings. The van der Waals surface area contributed by atoms with Crippen molar-refractivity contribution in [2.24, 2.45) is 0 Å². The number of aliphatic hydroxyl groups is 1. The Morgan fingerprint density at radius 3 is 2.85 bits per heavy atom. The van der Waals surface area contributed by atoms with Crippen LogP contribution in [0.1, 0.15) is 27.9 Å². The first-order chi connectivity index (χ1) is 9.41. The normalized spacial score (nSPS) is 22.6. The summed E-state index contributed by atoms with van der Waals surface area (Å²) >= 11 is 3.43. The van der Waals surface area contributed by atoms with Gasteiger partial charge in [0.15, 0.2) is 0 Å². The highest BCUT2D eigenvalue weighted by molar-refractivity contribution is 9.10. The molecular formula is C14H19BrN2O3. The number of carbonyl (C=O) groups excluding carboxylic acids is 1. The predicted molar refractivity (Wildman–Crippen MR) is 80.7 cm³/mol. The van der Waals surface area contributed by atoms with E-state index in [1.54, 1.807) is 6.07 Å². The van der Waals surface area contributed by atoms with Gasteiger partial charge in [0.25, 0.3) is 5.91 Å². The maximum atomic E-state index is 12.3. The Bertz CT molecular complexity index is 534. The van der Waals surface area contributed by atoms with Crippen LogP contribution in [0.15, 0.2) is 10.5 Å². The van der Waals surface area contributed by atoms with E-state index in [2.05, 4.69) is 21.2 Å². The second kappa shape index (κ2) is 6.11. The Balaban J connectivity index is 2.21. The third kappa shape index (κ3) is 2.97. The van der Waals surface area contributed by atoms with E-state index >= 15 is 0 Å². The smallest absolute Gasteiger partial charge is 0.253 e. The number of nitrogens with one attached hydrogen (secondary N) is 1. The van der Waals surface area contributed by atoms with Crippen LogP contribution in [0, 0.1) is 13.8 Å². The summed E-state index contributed by atoms with van der Waals surface area (Å²) in [5.74, 6) is -0.291. The van der Waals surface area contributed by atoms with E-state index in [9.17, 15) is 9.90 Å². The molecule has 0 radical (unpaired) electrons. The minimum Gasteiger partial charge on any atom is -0.398 e. The number of amides is 1. The van der Waals surface area contributed by atoms with Gasteiger partial charge in [0, 0.05) is 16.8 Å². The number of hydrogen-bond donors (Lipinski definition) is 3. The van der Waals surface area contributed by atoms with E-state index < -0.39 is 12.1 Å². The molecule has 110 valence electrons. The number of ether oxygens (including phenoxy) is 1. The van der Waals surface area contributed by atoms with Gasteiger partial charge < -0.3 is 20.9 Å². The van der Waals surface area contributed by atoms with Crippen molar-refractivity contribution in [2.75, 3.05) is 18.9 Å². The molecule has 0 unspecified atom stereocenters. The van der Waals surface area contributed by atoms with Crippen LogP contribution in [0.2, 0.25) is 0 Å². The van der Waals surface area contributed by atoms with Crippen molar-refractivity contribution in [3.05, 3.63) is 27.2 Å². The van der Waals surface area contributed by atoms with E-state index in [0.717, 1.165) is 15.6 Å².